The molecule has 5 nitrogen and oxygen atoms in total. The molecule has 0 aromatic heterocycles. The van der Waals surface area contributed by atoms with Crippen LogP contribution in [0, 0.1) is 18.6 Å². The van der Waals surface area contributed by atoms with E-state index in [2.05, 4.69) is 0 Å². The molecule has 3 aromatic carbocycles. The molecule has 1 atom stereocenters. The Labute approximate surface area is 199 Å². The zero-order chi connectivity index (χ0) is 24.6. The highest BCUT2D eigenvalue weighted by atomic mass is 35.5. The lowest BCUT2D eigenvalue weighted by Gasteiger charge is -2.26. The predicted octanol–water partition coefficient (Wildman–Crippen LogP) is 5.95. The SMILES string of the molecule is CCOc1ccc(Cl)c(/C(O)=C2\C(=O)C(=O)N(c3ccc(F)cc3F)C2c2cccc(C)c2)c1. The molecule has 0 saturated carbocycles. The normalized spacial score (nSPS) is 17.3. The predicted molar refractivity (Wildman–Crippen MR) is 125 cm³/mol. The Kier molecular flexibility index (Phi) is 6.39. The van der Waals surface area contributed by atoms with E-state index < -0.39 is 35.1 Å². The highest BCUT2D eigenvalue weighted by Crippen LogP contribution is 2.44. The third-order valence-electron chi connectivity index (χ3n) is 5.48. The minimum absolute atomic E-state index is 0.0860. The monoisotopic (exact) mass is 483 g/mol. The van der Waals surface area contributed by atoms with Crippen molar-refractivity contribution in [3.8, 4) is 5.75 Å². The molecule has 0 aliphatic carbocycles. The average molecular weight is 484 g/mol. The Balaban J connectivity index is 1.98. The lowest BCUT2D eigenvalue weighted by atomic mass is 9.94. The summed E-state index contributed by atoms with van der Waals surface area (Å²) in [4.78, 5) is 27.2. The van der Waals surface area contributed by atoms with Crippen LogP contribution in [0.1, 0.15) is 29.7 Å². The number of amides is 1. The highest BCUT2D eigenvalue weighted by Gasteiger charge is 2.48. The van der Waals surface area contributed by atoms with Gasteiger partial charge >= 0.3 is 0 Å². The number of hydrogen-bond acceptors (Lipinski definition) is 4. The smallest absolute Gasteiger partial charge is 0.300 e. The van der Waals surface area contributed by atoms with Crippen LogP contribution in [-0.2, 0) is 9.59 Å². The zero-order valence-electron chi connectivity index (χ0n) is 18.3. The summed E-state index contributed by atoms with van der Waals surface area (Å²) in [6.07, 6.45) is 0. The van der Waals surface area contributed by atoms with Crippen LogP contribution >= 0.6 is 11.6 Å². The van der Waals surface area contributed by atoms with Gasteiger partial charge in [0.2, 0.25) is 0 Å². The fourth-order valence-corrected chi connectivity index (χ4v) is 4.21. The average Bonchev–Trinajstić information content (AvgIpc) is 3.05. The minimum Gasteiger partial charge on any atom is -0.507 e. The molecule has 8 heteroatoms. The molecular formula is C26H20ClF2NO4. The molecule has 1 aliphatic rings. The van der Waals surface area contributed by atoms with Crippen molar-refractivity contribution in [2.24, 2.45) is 0 Å². The van der Waals surface area contributed by atoms with Gasteiger partial charge in [0.05, 0.1) is 28.9 Å². The van der Waals surface area contributed by atoms with Gasteiger partial charge < -0.3 is 9.84 Å². The van der Waals surface area contributed by atoms with Crippen molar-refractivity contribution >= 4 is 34.7 Å². The van der Waals surface area contributed by atoms with Crippen LogP contribution in [0.5, 0.6) is 5.75 Å². The first-order valence-corrected chi connectivity index (χ1v) is 10.9. The number of hydrogen-bond donors (Lipinski definition) is 1. The molecule has 0 bridgehead atoms. The van der Waals surface area contributed by atoms with Crippen LogP contribution in [0.15, 0.2) is 66.2 Å². The van der Waals surface area contributed by atoms with Gasteiger partial charge in [0, 0.05) is 11.6 Å². The van der Waals surface area contributed by atoms with Gasteiger partial charge in [-0.25, -0.2) is 8.78 Å². The molecule has 174 valence electrons. The van der Waals surface area contributed by atoms with Crippen molar-refractivity contribution in [2.45, 2.75) is 19.9 Å². The molecule has 1 fully saturated rings. The number of halogens is 3. The molecule has 1 unspecified atom stereocenters. The Hall–Kier alpha value is -3.71. The number of aliphatic hydroxyl groups is 1. The van der Waals surface area contributed by atoms with Crippen molar-refractivity contribution in [2.75, 3.05) is 11.5 Å². The molecule has 1 amide bonds. The van der Waals surface area contributed by atoms with E-state index in [4.69, 9.17) is 16.3 Å². The Bertz CT molecular complexity index is 1340. The zero-order valence-corrected chi connectivity index (χ0v) is 19.1. The fraction of sp³-hybridized carbons (Fsp3) is 0.154. The number of ketones is 1. The Morgan fingerprint density at radius 2 is 1.85 bits per heavy atom. The minimum atomic E-state index is -1.17. The third kappa shape index (κ3) is 4.15. The number of anilines is 1. The topological polar surface area (TPSA) is 66.8 Å². The quantitative estimate of drug-likeness (QED) is 0.276. The van der Waals surface area contributed by atoms with Crippen molar-refractivity contribution in [3.05, 3.63) is 99.6 Å². The third-order valence-corrected chi connectivity index (χ3v) is 5.81. The van der Waals surface area contributed by atoms with Gasteiger partial charge in [0.25, 0.3) is 11.7 Å². The van der Waals surface area contributed by atoms with E-state index in [1.54, 1.807) is 31.2 Å². The summed E-state index contributed by atoms with van der Waals surface area (Å²) in [5.41, 5.74) is 0.807. The highest BCUT2D eigenvalue weighted by molar-refractivity contribution is 6.52. The van der Waals surface area contributed by atoms with Crippen molar-refractivity contribution in [1.29, 1.82) is 0 Å². The summed E-state index contributed by atoms with van der Waals surface area (Å²) in [6, 6.07) is 13.0. The van der Waals surface area contributed by atoms with Crippen LogP contribution in [0.2, 0.25) is 5.02 Å². The number of ether oxygens (including phenoxy) is 1. The van der Waals surface area contributed by atoms with Gasteiger partial charge in [-0.1, -0.05) is 41.4 Å². The Morgan fingerprint density at radius 1 is 1.09 bits per heavy atom. The summed E-state index contributed by atoms with van der Waals surface area (Å²) >= 11 is 6.31. The van der Waals surface area contributed by atoms with E-state index in [0.717, 1.165) is 22.6 Å². The van der Waals surface area contributed by atoms with Crippen LogP contribution in [0.4, 0.5) is 14.5 Å². The second kappa shape index (κ2) is 9.27. The van der Waals surface area contributed by atoms with Crippen molar-refractivity contribution in [1.82, 2.24) is 0 Å². The van der Waals surface area contributed by atoms with Gasteiger partial charge in [-0.05, 0) is 49.7 Å². The molecule has 34 heavy (non-hydrogen) atoms. The summed E-state index contributed by atoms with van der Waals surface area (Å²) < 4.78 is 33.8. The van der Waals surface area contributed by atoms with Gasteiger partial charge in [-0.3, -0.25) is 14.5 Å². The molecule has 0 spiro atoms. The maximum atomic E-state index is 14.8. The molecule has 3 aromatic rings. The number of aliphatic hydroxyl groups excluding tert-OH is 1. The lowest BCUT2D eigenvalue weighted by molar-refractivity contribution is -0.132. The number of Topliss-reactive ketones (excluding diaryl/α,β-unsaturated/α-hetero) is 1. The van der Waals surface area contributed by atoms with E-state index in [9.17, 15) is 23.5 Å². The van der Waals surface area contributed by atoms with Crippen LogP contribution in [0.3, 0.4) is 0 Å². The van der Waals surface area contributed by atoms with Gasteiger partial charge in [-0.2, -0.15) is 0 Å². The summed E-state index contributed by atoms with van der Waals surface area (Å²) in [5, 5.41) is 11.4. The molecule has 4 rings (SSSR count). The summed E-state index contributed by atoms with van der Waals surface area (Å²) in [7, 11) is 0. The number of benzene rings is 3. The fourth-order valence-electron chi connectivity index (χ4n) is 4.00. The largest absolute Gasteiger partial charge is 0.507 e. The molecule has 0 radical (unpaired) electrons. The lowest BCUT2D eigenvalue weighted by Crippen LogP contribution is -2.30. The van der Waals surface area contributed by atoms with Crippen LogP contribution < -0.4 is 9.64 Å². The van der Waals surface area contributed by atoms with E-state index in [-0.39, 0.29) is 21.8 Å². The van der Waals surface area contributed by atoms with Crippen molar-refractivity contribution in [3.63, 3.8) is 0 Å². The van der Waals surface area contributed by atoms with Crippen LogP contribution in [-0.4, -0.2) is 23.4 Å². The van der Waals surface area contributed by atoms with Crippen molar-refractivity contribution < 1.29 is 28.2 Å². The maximum Gasteiger partial charge on any atom is 0.300 e. The van der Waals surface area contributed by atoms with E-state index >= 15 is 0 Å². The number of carbonyl (C=O) groups is 2. The molecular weight excluding hydrogens is 464 g/mol. The first-order chi connectivity index (χ1) is 16.2. The number of carbonyl (C=O) groups excluding carboxylic acids is 2. The first-order valence-electron chi connectivity index (χ1n) is 10.5. The summed E-state index contributed by atoms with van der Waals surface area (Å²) in [6.45, 7) is 3.96. The standard InChI is InChI=1S/C26H20ClF2NO4/c1-3-34-17-8-9-19(27)18(13-17)24(31)22-23(15-6-4-5-14(2)11-15)30(26(33)25(22)32)21-10-7-16(28)12-20(21)29/h4-13,23,31H,3H2,1-2H3/b24-22+. The van der Waals surface area contributed by atoms with Crippen LogP contribution in [0.25, 0.3) is 5.76 Å². The molecule has 1 saturated heterocycles. The van der Waals surface area contributed by atoms with Gasteiger partial charge in [-0.15, -0.1) is 0 Å². The second-order valence-corrected chi connectivity index (χ2v) is 8.16. The Morgan fingerprint density at radius 3 is 2.53 bits per heavy atom. The molecule has 1 aliphatic heterocycles. The number of aryl methyl sites for hydroxylation is 1. The summed E-state index contributed by atoms with van der Waals surface area (Å²) in [5.74, 6) is -4.05. The van der Waals surface area contributed by atoms with E-state index in [0.29, 0.717) is 24.0 Å². The van der Waals surface area contributed by atoms with Gasteiger partial charge in [0.1, 0.15) is 23.1 Å². The maximum absolute atomic E-state index is 14.8. The van der Waals surface area contributed by atoms with E-state index in [1.807, 2.05) is 13.0 Å². The number of nitrogens with zero attached hydrogens (tertiary/aromatic N) is 1. The molecule has 1 heterocycles. The second-order valence-electron chi connectivity index (χ2n) is 7.75. The molecule has 1 N–H and O–H groups in total. The number of rotatable bonds is 5. The first kappa shape index (κ1) is 23.4. The van der Waals surface area contributed by atoms with Gasteiger partial charge in [0.15, 0.2) is 0 Å². The van der Waals surface area contributed by atoms with E-state index in [1.165, 1.54) is 12.1 Å².